The summed E-state index contributed by atoms with van der Waals surface area (Å²) in [7, 11) is -3.25. The van der Waals surface area contributed by atoms with Crippen molar-refractivity contribution in [1.82, 2.24) is 10.2 Å². The van der Waals surface area contributed by atoms with Crippen LogP contribution in [-0.2, 0) is 10.0 Å². The van der Waals surface area contributed by atoms with E-state index in [1.165, 1.54) is 15.6 Å². The Kier molecular flexibility index (Phi) is 7.55. The van der Waals surface area contributed by atoms with Crippen LogP contribution >= 0.6 is 0 Å². The summed E-state index contributed by atoms with van der Waals surface area (Å²) in [4.78, 5) is 17.5. The van der Waals surface area contributed by atoms with Crippen molar-refractivity contribution >= 4 is 27.3 Å². The van der Waals surface area contributed by atoms with Gasteiger partial charge in [-0.2, -0.15) is 0 Å². The molecule has 1 N–H and O–H groups in total. The van der Waals surface area contributed by atoms with Gasteiger partial charge in [-0.1, -0.05) is 18.2 Å². The third-order valence-corrected chi connectivity index (χ3v) is 8.29. The van der Waals surface area contributed by atoms with Gasteiger partial charge in [0.25, 0.3) is 5.91 Å². The summed E-state index contributed by atoms with van der Waals surface area (Å²) >= 11 is 0. The van der Waals surface area contributed by atoms with E-state index in [1.54, 1.807) is 24.3 Å². The molecule has 33 heavy (non-hydrogen) atoms. The minimum atomic E-state index is -3.25. The molecule has 7 nitrogen and oxygen atoms in total. The van der Waals surface area contributed by atoms with Crippen LogP contribution in [0.1, 0.15) is 35.2 Å². The van der Waals surface area contributed by atoms with Crippen LogP contribution in [0.15, 0.2) is 48.5 Å². The molecule has 0 spiro atoms. The van der Waals surface area contributed by atoms with Gasteiger partial charge >= 0.3 is 0 Å². The SMILES string of the molecule is Cc1cccc(N2CCN(CCCCNC(=O)c3cccc(N4CCCS4(=O)=O)c3)CC2)c1. The minimum Gasteiger partial charge on any atom is -0.369 e. The Hall–Kier alpha value is -2.58. The zero-order chi connectivity index (χ0) is 23.3. The molecule has 2 aromatic carbocycles. The van der Waals surface area contributed by atoms with Gasteiger partial charge in [-0.25, -0.2) is 8.42 Å². The molecule has 0 atom stereocenters. The van der Waals surface area contributed by atoms with Gasteiger partial charge in [0.2, 0.25) is 10.0 Å². The van der Waals surface area contributed by atoms with Crippen molar-refractivity contribution in [3.05, 3.63) is 59.7 Å². The van der Waals surface area contributed by atoms with Crippen molar-refractivity contribution in [1.29, 1.82) is 0 Å². The number of rotatable bonds is 8. The average molecular weight is 471 g/mol. The van der Waals surface area contributed by atoms with E-state index in [0.717, 1.165) is 45.6 Å². The summed E-state index contributed by atoms with van der Waals surface area (Å²) in [5.74, 6) is 0.0185. The Morgan fingerprint density at radius 1 is 0.939 bits per heavy atom. The number of anilines is 2. The van der Waals surface area contributed by atoms with E-state index in [4.69, 9.17) is 0 Å². The second kappa shape index (κ2) is 10.6. The van der Waals surface area contributed by atoms with Crippen LogP contribution in [-0.4, -0.2) is 70.8 Å². The monoisotopic (exact) mass is 470 g/mol. The highest BCUT2D eigenvalue weighted by atomic mass is 32.2. The summed E-state index contributed by atoms with van der Waals surface area (Å²) in [6.07, 6.45) is 2.58. The predicted molar refractivity (Wildman–Crippen MR) is 134 cm³/mol. The molecule has 0 saturated carbocycles. The summed E-state index contributed by atoms with van der Waals surface area (Å²) in [6.45, 7) is 8.49. The summed E-state index contributed by atoms with van der Waals surface area (Å²) < 4.78 is 25.7. The second-order valence-electron chi connectivity index (χ2n) is 8.92. The molecule has 0 bridgehead atoms. The first kappa shape index (κ1) is 23.6. The molecular formula is C25H34N4O3S. The Balaban J connectivity index is 1.16. The summed E-state index contributed by atoms with van der Waals surface area (Å²) in [5, 5.41) is 2.98. The van der Waals surface area contributed by atoms with Crippen LogP contribution in [0.2, 0.25) is 0 Å². The molecule has 2 aliphatic rings. The van der Waals surface area contributed by atoms with E-state index in [9.17, 15) is 13.2 Å². The lowest BCUT2D eigenvalue weighted by Crippen LogP contribution is -2.46. The van der Waals surface area contributed by atoms with Crippen molar-refractivity contribution in [2.45, 2.75) is 26.2 Å². The molecule has 2 aromatic rings. The molecule has 0 aliphatic carbocycles. The lowest BCUT2D eigenvalue weighted by atomic mass is 10.1. The topological polar surface area (TPSA) is 73.0 Å². The molecule has 0 aromatic heterocycles. The van der Waals surface area contributed by atoms with Crippen LogP contribution in [0.25, 0.3) is 0 Å². The highest BCUT2D eigenvalue weighted by Crippen LogP contribution is 2.24. The molecule has 2 aliphatic heterocycles. The molecule has 2 heterocycles. The van der Waals surface area contributed by atoms with Crippen molar-refractivity contribution in [2.24, 2.45) is 0 Å². The number of nitrogens with zero attached hydrogens (tertiary/aromatic N) is 3. The number of hydrogen-bond acceptors (Lipinski definition) is 5. The third kappa shape index (κ3) is 6.06. The van der Waals surface area contributed by atoms with E-state index in [-0.39, 0.29) is 11.7 Å². The zero-order valence-corrected chi connectivity index (χ0v) is 20.2. The number of aryl methyl sites for hydroxylation is 1. The van der Waals surface area contributed by atoms with Crippen LogP contribution in [0.4, 0.5) is 11.4 Å². The van der Waals surface area contributed by atoms with Gasteiger partial charge in [-0.3, -0.25) is 14.0 Å². The van der Waals surface area contributed by atoms with Gasteiger partial charge in [-0.05, 0) is 68.6 Å². The number of carbonyl (C=O) groups is 1. The number of unbranched alkanes of at least 4 members (excludes halogenated alkanes) is 1. The first-order valence-corrected chi connectivity index (χ1v) is 13.5. The fourth-order valence-corrected chi connectivity index (χ4v) is 6.11. The van der Waals surface area contributed by atoms with E-state index in [1.807, 2.05) is 0 Å². The smallest absolute Gasteiger partial charge is 0.251 e. The molecule has 2 saturated heterocycles. The lowest BCUT2D eigenvalue weighted by Gasteiger charge is -2.36. The fraction of sp³-hybridized carbons (Fsp3) is 0.480. The molecular weight excluding hydrogens is 436 g/mol. The first-order valence-electron chi connectivity index (χ1n) is 11.8. The second-order valence-corrected chi connectivity index (χ2v) is 10.9. The van der Waals surface area contributed by atoms with Crippen molar-refractivity contribution in [2.75, 3.05) is 60.8 Å². The molecule has 4 rings (SSSR count). The van der Waals surface area contributed by atoms with Crippen molar-refractivity contribution in [3.8, 4) is 0 Å². The number of nitrogens with one attached hydrogen (secondary N) is 1. The van der Waals surface area contributed by atoms with E-state index in [2.05, 4.69) is 46.3 Å². The molecule has 0 radical (unpaired) electrons. The molecule has 2 fully saturated rings. The van der Waals surface area contributed by atoms with E-state index in [0.29, 0.717) is 30.8 Å². The highest BCUT2D eigenvalue weighted by Gasteiger charge is 2.28. The Bertz CT molecular complexity index is 1060. The van der Waals surface area contributed by atoms with E-state index >= 15 is 0 Å². The molecule has 0 unspecified atom stereocenters. The minimum absolute atomic E-state index is 0.153. The van der Waals surface area contributed by atoms with Gasteiger partial charge in [-0.15, -0.1) is 0 Å². The maximum Gasteiger partial charge on any atom is 0.251 e. The van der Waals surface area contributed by atoms with Gasteiger partial charge in [0.1, 0.15) is 0 Å². The van der Waals surface area contributed by atoms with Crippen LogP contribution < -0.4 is 14.5 Å². The van der Waals surface area contributed by atoms with Crippen LogP contribution in [0, 0.1) is 6.92 Å². The maximum atomic E-state index is 12.5. The number of piperazine rings is 1. The van der Waals surface area contributed by atoms with Crippen LogP contribution in [0.3, 0.4) is 0 Å². The predicted octanol–water partition coefficient (Wildman–Crippen LogP) is 2.87. The number of sulfonamides is 1. The Morgan fingerprint density at radius 2 is 1.70 bits per heavy atom. The fourth-order valence-electron chi connectivity index (χ4n) is 4.55. The normalized spacial score (nSPS) is 18.5. The van der Waals surface area contributed by atoms with Gasteiger partial charge in [0.05, 0.1) is 11.4 Å². The largest absolute Gasteiger partial charge is 0.369 e. The number of hydrogen-bond donors (Lipinski definition) is 1. The standard InChI is InChI=1S/C25H34N4O3S/c1-21-7-4-9-23(19-21)28-16-14-27(15-17-28)12-3-2-11-26-25(30)22-8-5-10-24(20-22)29-13-6-18-33(29,31)32/h4-5,7-10,19-20H,2-3,6,11-18H2,1H3,(H,26,30). The number of benzene rings is 2. The van der Waals surface area contributed by atoms with Gasteiger partial charge in [0, 0.05) is 50.5 Å². The number of carbonyl (C=O) groups excluding carboxylic acids is 1. The summed E-state index contributed by atoms with van der Waals surface area (Å²) in [6, 6.07) is 15.6. The van der Waals surface area contributed by atoms with Gasteiger partial charge in [0.15, 0.2) is 0 Å². The van der Waals surface area contributed by atoms with E-state index < -0.39 is 10.0 Å². The Labute approximate surface area is 197 Å². The quantitative estimate of drug-likeness (QED) is 0.601. The number of amides is 1. The van der Waals surface area contributed by atoms with Crippen molar-refractivity contribution in [3.63, 3.8) is 0 Å². The molecule has 1 amide bonds. The van der Waals surface area contributed by atoms with Crippen molar-refractivity contribution < 1.29 is 13.2 Å². The highest BCUT2D eigenvalue weighted by molar-refractivity contribution is 7.93. The third-order valence-electron chi connectivity index (χ3n) is 6.42. The maximum absolute atomic E-state index is 12.5. The lowest BCUT2D eigenvalue weighted by molar-refractivity contribution is 0.0952. The molecule has 178 valence electrons. The molecule has 8 heteroatoms. The van der Waals surface area contributed by atoms with Crippen LogP contribution in [0.5, 0.6) is 0 Å². The zero-order valence-electron chi connectivity index (χ0n) is 19.4. The summed E-state index contributed by atoms with van der Waals surface area (Å²) in [5.41, 5.74) is 3.68. The Morgan fingerprint density at radius 3 is 2.42 bits per heavy atom. The van der Waals surface area contributed by atoms with Gasteiger partial charge < -0.3 is 10.2 Å². The average Bonchev–Trinajstić information content (AvgIpc) is 3.18. The first-order chi connectivity index (χ1) is 15.9.